The summed E-state index contributed by atoms with van der Waals surface area (Å²) >= 11 is 0. The first-order chi connectivity index (χ1) is 6.25. The Bertz CT molecular complexity index is 163. The van der Waals surface area contributed by atoms with Crippen molar-refractivity contribution in [1.29, 1.82) is 0 Å². The zero-order valence-electron chi connectivity index (χ0n) is 8.84. The van der Waals surface area contributed by atoms with Crippen LogP contribution in [0.15, 0.2) is 0 Å². The van der Waals surface area contributed by atoms with Gasteiger partial charge in [-0.25, -0.2) is 0 Å². The molecule has 76 valence electrons. The predicted octanol–water partition coefficient (Wildman–Crippen LogP) is 2.94. The molecule has 1 nitrogen and oxygen atoms in total. The number of hydrogen-bond acceptors (Lipinski definition) is 1. The van der Waals surface area contributed by atoms with E-state index in [4.69, 9.17) is 5.73 Å². The molecule has 2 fully saturated rings. The number of hydrogen-bond donors (Lipinski definition) is 1. The van der Waals surface area contributed by atoms with E-state index >= 15 is 0 Å². The van der Waals surface area contributed by atoms with Crippen molar-refractivity contribution >= 4 is 0 Å². The Kier molecular flexibility index (Phi) is 2.92. The van der Waals surface area contributed by atoms with Crippen molar-refractivity contribution in [2.75, 3.05) is 0 Å². The fourth-order valence-corrected chi connectivity index (χ4v) is 2.88. The highest BCUT2D eigenvalue weighted by atomic mass is 14.7. The van der Waals surface area contributed by atoms with Crippen LogP contribution >= 0.6 is 0 Å². The van der Waals surface area contributed by atoms with Crippen molar-refractivity contribution in [3.63, 3.8) is 0 Å². The van der Waals surface area contributed by atoms with E-state index in [0.29, 0.717) is 6.04 Å². The van der Waals surface area contributed by atoms with E-state index in [1.54, 1.807) is 0 Å². The zero-order valence-corrected chi connectivity index (χ0v) is 8.84. The summed E-state index contributed by atoms with van der Waals surface area (Å²) in [5.41, 5.74) is 6.16. The fourth-order valence-electron chi connectivity index (χ4n) is 2.88. The average molecular weight is 181 g/mol. The predicted molar refractivity (Wildman–Crippen MR) is 56.4 cm³/mol. The van der Waals surface area contributed by atoms with Crippen LogP contribution < -0.4 is 5.73 Å². The summed E-state index contributed by atoms with van der Waals surface area (Å²) in [6.45, 7) is 2.40. The molecular weight excluding hydrogens is 158 g/mol. The Labute approximate surface area is 82.1 Å². The smallest absolute Gasteiger partial charge is 0.00698 e. The molecule has 0 heterocycles. The molecule has 2 saturated carbocycles. The first-order valence-corrected chi connectivity index (χ1v) is 6.01. The Balaban J connectivity index is 1.73. The van der Waals surface area contributed by atoms with Crippen molar-refractivity contribution in [2.45, 2.75) is 57.9 Å². The maximum atomic E-state index is 6.16. The van der Waals surface area contributed by atoms with Crippen LogP contribution in [0.5, 0.6) is 0 Å². The van der Waals surface area contributed by atoms with Gasteiger partial charge in [0.15, 0.2) is 0 Å². The topological polar surface area (TPSA) is 26.0 Å². The maximum absolute atomic E-state index is 6.16. The number of nitrogens with two attached hydrogens (primary N) is 1. The van der Waals surface area contributed by atoms with E-state index in [9.17, 15) is 0 Å². The van der Waals surface area contributed by atoms with Crippen molar-refractivity contribution in [3.05, 3.63) is 0 Å². The number of rotatable bonds is 3. The lowest BCUT2D eigenvalue weighted by Gasteiger charge is -2.28. The van der Waals surface area contributed by atoms with Crippen LogP contribution in [0.3, 0.4) is 0 Å². The first kappa shape index (κ1) is 9.51. The highest BCUT2D eigenvalue weighted by molar-refractivity contribution is 4.86. The minimum atomic E-state index is 0.537. The third kappa shape index (κ3) is 2.70. The van der Waals surface area contributed by atoms with Gasteiger partial charge in [-0.05, 0) is 43.4 Å². The van der Waals surface area contributed by atoms with E-state index in [-0.39, 0.29) is 0 Å². The second-order valence-electron chi connectivity index (χ2n) is 5.37. The normalized spacial score (nSPS) is 37.4. The molecule has 0 aromatic carbocycles. The molecule has 2 aliphatic rings. The standard InChI is InChI=1S/C12H23N/c1-9-3-2-4-10(7-9)8-12(13)11-5-6-11/h9-12H,2-8,13H2,1H3. The highest BCUT2D eigenvalue weighted by Crippen LogP contribution is 2.37. The van der Waals surface area contributed by atoms with Crippen molar-refractivity contribution < 1.29 is 0 Å². The molecule has 1 heteroatoms. The quantitative estimate of drug-likeness (QED) is 0.711. The van der Waals surface area contributed by atoms with Gasteiger partial charge in [-0.3, -0.25) is 0 Å². The van der Waals surface area contributed by atoms with E-state index in [2.05, 4.69) is 6.92 Å². The van der Waals surface area contributed by atoms with Gasteiger partial charge >= 0.3 is 0 Å². The molecule has 0 bridgehead atoms. The lowest BCUT2D eigenvalue weighted by Crippen LogP contribution is -2.27. The van der Waals surface area contributed by atoms with E-state index < -0.39 is 0 Å². The van der Waals surface area contributed by atoms with E-state index in [1.165, 1.54) is 44.9 Å². The second-order valence-corrected chi connectivity index (χ2v) is 5.37. The summed E-state index contributed by atoms with van der Waals surface area (Å²) in [6, 6.07) is 0.537. The minimum absolute atomic E-state index is 0.537. The van der Waals surface area contributed by atoms with Gasteiger partial charge in [-0.2, -0.15) is 0 Å². The molecule has 0 radical (unpaired) electrons. The van der Waals surface area contributed by atoms with Crippen LogP contribution in [0.1, 0.15) is 51.9 Å². The van der Waals surface area contributed by atoms with Crippen LogP contribution in [0, 0.1) is 17.8 Å². The van der Waals surface area contributed by atoms with Gasteiger partial charge < -0.3 is 5.73 Å². The van der Waals surface area contributed by atoms with Crippen molar-refractivity contribution in [2.24, 2.45) is 23.5 Å². The van der Waals surface area contributed by atoms with Crippen LogP contribution in [-0.2, 0) is 0 Å². The highest BCUT2D eigenvalue weighted by Gasteiger charge is 2.31. The molecule has 13 heavy (non-hydrogen) atoms. The Morgan fingerprint density at radius 1 is 1.23 bits per heavy atom. The molecule has 2 rings (SSSR count). The molecule has 0 amide bonds. The van der Waals surface area contributed by atoms with Gasteiger partial charge in [0.25, 0.3) is 0 Å². The van der Waals surface area contributed by atoms with Crippen molar-refractivity contribution in [3.8, 4) is 0 Å². The Hall–Kier alpha value is -0.0400. The fraction of sp³-hybridized carbons (Fsp3) is 1.00. The summed E-state index contributed by atoms with van der Waals surface area (Å²) in [7, 11) is 0. The third-order valence-corrected chi connectivity index (χ3v) is 3.88. The maximum Gasteiger partial charge on any atom is 0.00698 e. The van der Waals surface area contributed by atoms with Crippen LogP contribution in [0.25, 0.3) is 0 Å². The summed E-state index contributed by atoms with van der Waals surface area (Å²) < 4.78 is 0. The molecule has 0 aliphatic heterocycles. The molecule has 0 aromatic heterocycles. The van der Waals surface area contributed by atoms with E-state index in [1.807, 2.05) is 0 Å². The lowest BCUT2D eigenvalue weighted by molar-refractivity contribution is 0.251. The minimum Gasteiger partial charge on any atom is -0.327 e. The molecule has 0 aromatic rings. The monoisotopic (exact) mass is 181 g/mol. The molecule has 2 aliphatic carbocycles. The molecule has 3 atom stereocenters. The molecule has 0 spiro atoms. The van der Waals surface area contributed by atoms with E-state index in [0.717, 1.165) is 17.8 Å². The first-order valence-electron chi connectivity index (χ1n) is 6.01. The summed E-state index contributed by atoms with van der Waals surface area (Å²) in [4.78, 5) is 0. The zero-order chi connectivity index (χ0) is 9.26. The second kappa shape index (κ2) is 4.00. The molecule has 0 saturated heterocycles. The average Bonchev–Trinajstić information content (AvgIpc) is 2.85. The van der Waals surface area contributed by atoms with Gasteiger partial charge in [0, 0.05) is 6.04 Å². The van der Waals surface area contributed by atoms with Crippen LogP contribution in [0.2, 0.25) is 0 Å². The Morgan fingerprint density at radius 3 is 2.62 bits per heavy atom. The summed E-state index contributed by atoms with van der Waals surface area (Å²) in [6.07, 6.45) is 9.92. The SMILES string of the molecule is CC1CCCC(CC(N)C2CC2)C1. The lowest BCUT2D eigenvalue weighted by atomic mass is 9.79. The van der Waals surface area contributed by atoms with Crippen molar-refractivity contribution in [1.82, 2.24) is 0 Å². The van der Waals surface area contributed by atoms with Gasteiger partial charge in [0.2, 0.25) is 0 Å². The molecule has 3 unspecified atom stereocenters. The molecular formula is C12H23N. The molecule has 2 N–H and O–H groups in total. The summed E-state index contributed by atoms with van der Waals surface area (Å²) in [5.74, 6) is 2.82. The van der Waals surface area contributed by atoms with Gasteiger partial charge in [-0.1, -0.05) is 26.2 Å². The van der Waals surface area contributed by atoms with Gasteiger partial charge in [0.05, 0.1) is 0 Å². The van der Waals surface area contributed by atoms with Gasteiger partial charge in [-0.15, -0.1) is 0 Å². The van der Waals surface area contributed by atoms with Gasteiger partial charge in [0.1, 0.15) is 0 Å². The Morgan fingerprint density at radius 2 is 2.00 bits per heavy atom. The third-order valence-electron chi connectivity index (χ3n) is 3.88. The van der Waals surface area contributed by atoms with Crippen LogP contribution in [0.4, 0.5) is 0 Å². The largest absolute Gasteiger partial charge is 0.327 e. The summed E-state index contributed by atoms with van der Waals surface area (Å²) in [5, 5.41) is 0. The van der Waals surface area contributed by atoms with Crippen LogP contribution in [-0.4, -0.2) is 6.04 Å².